The monoisotopic (exact) mass is 363 g/mol. The van der Waals surface area contributed by atoms with Gasteiger partial charge in [-0.2, -0.15) is 4.98 Å². The van der Waals surface area contributed by atoms with Crippen LogP contribution < -0.4 is 11.3 Å². The maximum atomic E-state index is 11.7. The highest BCUT2D eigenvalue weighted by Gasteiger charge is 2.45. The van der Waals surface area contributed by atoms with Crippen molar-refractivity contribution in [3.8, 4) is 0 Å². The minimum absolute atomic E-state index is 0.0176. The third-order valence-electron chi connectivity index (χ3n) is 3.47. The summed E-state index contributed by atoms with van der Waals surface area (Å²) < 4.78 is 21.6. The Morgan fingerprint density at radius 3 is 2.79 bits per heavy atom. The van der Waals surface area contributed by atoms with E-state index in [4.69, 9.17) is 20.3 Å². The van der Waals surface area contributed by atoms with Gasteiger partial charge in [-0.25, -0.2) is 9.55 Å². The summed E-state index contributed by atoms with van der Waals surface area (Å²) in [5.74, 6) is -0.177. The van der Waals surface area contributed by atoms with Crippen molar-refractivity contribution >= 4 is 24.9 Å². The van der Waals surface area contributed by atoms with Crippen LogP contribution in [0.4, 0.5) is 5.95 Å². The fraction of sp³-hybridized carbons (Fsp3) is 0.500. The molecule has 132 valence electrons. The molecule has 7 N–H and O–H groups in total. The number of nitrogens with zero attached hydrogens (tertiary/aromatic N) is 3. The first-order valence-corrected chi connectivity index (χ1v) is 8.14. The van der Waals surface area contributed by atoms with Gasteiger partial charge in [-0.1, -0.05) is 0 Å². The highest BCUT2D eigenvalue weighted by atomic mass is 31.2. The quantitative estimate of drug-likeness (QED) is 0.311. The molecule has 0 aliphatic carbocycles. The summed E-state index contributed by atoms with van der Waals surface area (Å²) in [7, 11) is -4.76. The number of hydrogen-bond acceptors (Lipinski definition) is 9. The van der Waals surface area contributed by atoms with E-state index < -0.39 is 44.5 Å². The fourth-order valence-corrected chi connectivity index (χ4v) is 2.74. The summed E-state index contributed by atoms with van der Waals surface area (Å²) in [4.78, 5) is 39.1. The maximum Gasteiger partial charge on any atom is 0.469 e. The van der Waals surface area contributed by atoms with E-state index in [9.17, 15) is 19.6 Å². The van der Waals surface area contributed by atoms with Gasteiger partial charge in [-0.15, -0.1) is 0 Å². The molecule has 1 aliphatic heterocycles. The predicted molar refractivity (Wildman–Crippen MR) is 76.5 cm³/mol. The standard InChI is InChI=1S/C10H14N5O8P/c11-10-13-7-4(8(18)14-10)12-2-15(7)9-6(17)5(16)3(23-9)1-22-24(19,20)21/h2-3,5-6,9,16-17H,1H2,(H2,19,20,21)(H3,11,13,14,18)/t3?,5-,6-,9-/m1/s1. The average Bonchev–Trinajstić information content (AvgIpc) is 3.00. The van der Waals surface area contributed by atoms with E-state index >= 15 is 0 Å². The largest absolute Gasteiger partial charge is 0.469 e. The Morgan fingerprint density at radius 1 is 1.42 bits per heavy atom. The van der Waals surface area contributed by atoms with Crippen molar-refractivity contribution in [2.24, 2.45) is 0 Å². The van der Waals surface area contributed by atoms with Crippen molar-refractivity contribution < 1.29 is 33.8 Å². The van der Waals surface area contributed by atoms with Crippen LogP contribution in [-0.4, -0.2) is 64.4 Å². The van der Waals surface area contributed by atoms with Crippen LogP contribution in [0.2, 0.25) is 0 Å². The van der Waals surface area contributed by atoms with Gasteiger partial charge in [0.05, 0.1) is 12.9 Å². The van der Waals surface area contributed by atoms with Crippen LogP contribution in [0.5, 0.6) is 0 Å². The molecule has 2 aromatic heterocycles. The zero-order valence-electron chi connectivity index (χ0n) is 11.9. The van der Waals surface area contributed by atoms with Gasteiger partial charge in [0, 0.05) is 0 Å². The minimum atomic E-state index is -4.76. The summed E-state index contributed by atoms with van der Waals surface area (Å²) in [6.45, 7) is -0.651. The summed E-state index contributed by atoms with van der Waals surface area (Å²) >= 11 is 0. The number of imidazole rings is 1. The smallest absolute Gasteiger partial charge is 0.387 e. The molecule has 13 nitrogen and oxygen atoms in total. The van der Waals surface area contributed by atoms with Gasteiger partial charge in [0.2, 0.25) is 5.95 Å². The van der Waals surface area contributed by atoms with E-state index in [0.717, 1.165) is 0 Å². The van der Waals surface area contributed by atoms with E-state index in [1.54, 1.807) is 0 Å². The van der Waals surface area contributed by atoms with Crippen LogP contribution in [0.1, 0.15) is 6.23 Å². The second-order valence-electron chi connectivity index (χ2n) is 5.11. The first-order valence-electron chi connectivity index (χ1n) is 6.61. The molecule has 1 aliphatic rings. The second kappa shape index (κ2) is 5.89. The summed E-state index contributed by atoms with van der Waals surface area (Å²) in [5.41, 5.74) is 4.84. The number of anilines is 1. The predicted octanol–water partition coefficient (Wildman–Crippen LogP) is -2.57. The van der Waals surface area contributed by atoms with Crippen molar-refractivity contribution in [3.63, 3.8) is 0 Å². The number of nitrogens with two attached hydrogens (primary N) is 1. The number of fused-ring (bicyclic) bond motifs is 1. The molecule has 1 unspecified atom stereocenters. The molecule has 3 heterocycles. The number of nitrogens with one attached hydrogen (secondary N) is 1. The molecule has 2 aromatic rings. The van der Waals surface area contributed by atoms with Crippen molar-refractivity contribution in [1.29, 1.82) is 0 Å². The first kappa shape index (κ1) is 17.0. The average molecular weight is 363 g/mol. The van der Waals surface area contributed by atoms with Crippen molar-refractivity contribution in [2.45, 2.75) is 24.5 Å². The molecular weight excluding hydrogens is 349 g/mol. The van der Waals surface area contributed by atoms with E-state index in [2.05, 4.69) is 19.5 Å². The highest BCUT2D eigenvalue weighted by molar-refractivity contribution is 7.46. The number of ether oxygens (including phenoxy) is 1. The SMILES string of the molecule is Nc1nc2c(ncn2[C@@H]2OC(COP(=O)(O)O)[C@@H](O)[C@H]2O)c(=O)[nH]1. The van der Waals surface area contributed by atoms with Gasteiger partial charge in [0.1, 0.15) is 18.3 Å². The van der Waals surface area contributed by atoms with Crippen LogP contribution in [0.3, 0.4) is 0 Å². The van der Waals surface area contributed by atoms with Crippen LogP contribution in [0, 0.1) is 0 Å². The van der Waals surface area contributed by atoms with E-state index in [0.29, 0.717) is 0 Å². The van der Waals surface area contributed by atoms with Gasteiger partial charge >= 0.3 is 7.82 Å². The number of phosphoric ester groups is 1. The molecule has 1 fully saturated rings. The Kier molecular flexibility index (Phi) is 4.17. The first-order chi connectivity index (χ1) is 11.2. The number of aromatic nitrogens is 4. The van der Waals surface area contributed by atoms with E-state index in [1.807, 2.05) is 0 Å². The third kappa shape index (κ3) is 3.06. The topological polar surface area (TPSA) is 206 Å². The molecular formula is C10H14N5O8P. The molecule has 0 bridgehead atoms. The Hall–Kier alpha value is -1.86. The number of H-pyrrole nitrogens is 1. The van der Waals surface area contributed by atoms with Crippen molar-refractivity contribution in [2.75, 3.05) is 12.3 Å². The molecule has 0 aromatic carbocycles. The van der Waals surface area contributed by atoms with Gasteiger partial charge in [-0.3, -0.25) is 18.9 Å². The normalized spacial score (nSPS) is 27.8. The van der Waals surface area contributed by atoms with Gasteiger partial charge in [0.15, 0.2) is 17.4 Å². The van der Waals surface area contributed by atoms with Crippen molar-refractivity contribution in [1.82, 2.24) is 19.5 Å². The van der Waals surface area contributed by atoms with Crippen molar-refractivity contribution in [3.05, 3.63) is 16.7 Å². The van der Waals surface area contributed by atoms with Gasteiger partial charge in [0.25, 0.3) is 5.56 Å². The number of nitrogen functional groups attached to an aromatic ring is 1. The lowest BCUT2D eigenvalue weighted by atomic mass is 10.1. The minimum Gasteiger partial charge on any atom is -0.387 e. The lowest BCUT2D eigenvalue weighted by Gasteiger charge is -2.16. The van der Waals surface area contributed by atoms with Crippen LogP contribution in [-0.2, 0) is 13.8 Å². The van der Waals surface area contributed by atoms with Gasteiger partial charge < -0.3 is 30.5 Å². The van der Waals surface area contributed by atoms with E-state index in [-0.39, 0.29) is 17.1 Å². The summed E-state index contributed by atoms with van der Waals surface area (Å²) in [6, 6.07) is 0. The van der Waals surface area contributed by atoms with Crippen LogP contribution >= 0.6 is 7.82 Å². The molecule has 0 radical (unpaired) electrons. The molecule has 3 rings (SSSR count). The number of rotatable bonds is 4. The van der Waals surface area contributed by atoms with Gasteiger partial charge in [-0.05, 0) is 0 Å². The van der Waals surface area contributed by atoms with Crippen LogP contribution in [0.25, 0.3) is 11.2 Å². The number of phosphoric acid groups is 1. The Labute approximate surface area is 132 Å². The zero-order valence-corrected chi connectivity index (χ0v) is 12.8. The molecule has 0 spiro atoms. The lowest BCUT2D eigenvalue weighted by molar-refractivity contribution is -0.0503. The fourth-order valence-electron chi connectivity index (χ4n) is 2.40. The Bertz CT molecular complexity index is 861. The molecule has 14 heteroatoms. The number of aliphatic hydroxyl groups is 2. The molecule has 0 amide bonds. The Balaban J connectivity index is 1.90. The lowest BCUT2D eigenvalue weighted by Crippen LogP contribution is -2.33. The maximum absolute atomic E-state index is 11.7. The molecule has 0 saturated carbocycles. The highest BCUT2D eigenvalue weighted by Crippen LogP contribution is 2.38. The number of hydrogen-bond donors (Lipinski definition) is 6. The molecule has 1 saturated heterocycles. The molecule has 4 atom stereocenters. The third-order valence-corrected chi connectivity index (χ3v) is 3.95. The number of aromatic amines is 1. The van der Waals surface area contributed by atoms with E-state index in [1.165, 1.54) is 10.9 Å². The zero-order chi connectivity index (χ0) is 17.6. The van der Waals surface area contributed by atoms with Crippen LogP contribution in [0.15, 0.2) is 11.1 Å². The second-order valence-corrected chi connectivity index (χ2v) is 6.35. The summed E-state index contributed by atoms with van der Waals surface area (Å²) in [6.07, 6.45) is -4.22. The summed E-state index contributed by atoms with van der Waals surface area (Å²) in [5, 5.41) is 20.1. The number of aliphatic hydroxyl groups excluding tert-OH is 2. The Morgan fingerprint density at radius 2 is 2.12 bits per heavy atom. The molecule has 24 heavy (non-hydrogen) atoms.